The van der Waals surface area contributed by atoms with Crippen LogP contribution in [-0.2, 0) is 4.74 Å². The molecule has 2 aromatic rings. The van der Waals surface area contributed by atoms with Gasteiger partial charge in [0, 0.05) is 17.7 Å². The average molecular weight is 293 g/mol. The number of nitro benzene ring substituents is 1. The summed E-state index contributed by atoms with van der Waals surface area (Å²) in [6.45, 7) is 1.84. The standard InChI is InChI=1S/C12H11N3O6/c1-3-20-12(16)10-13-11(21-14-10)7-4-5-8(15(17)18)9(6-7)19-2/h4-6H,3H2,1-2H3. The molecule has 21 heavy (non-hydrogen) atoms. The van der Waals surface area contributed by atoms with E-state index >= 15 is 0 Å². The van der Waals surface area contributed by atoms with Crippen LogP contribution in [0.5, 0.6) is 5.75 Å². The van der Waals surface area contributed by atoms with Crippen molar-refractivity contribution in [1.29, 1.82) is 0 Å². The molecule has 0 fully saturated rings. The van der Waals surface area contributed by atoms with Crippen molar-refractivity contribution in [3.63, 3.8) is 0 Å². The molecule has 1 aromatic carbocycles. The lowest BCUT2D eigenvalue weighted by molar-refractivity contribution is -0.385. The molecule has 0 aliphatic carbocycles. The topological polar surface area (TPSA) is 118 Å². The number of esters is 1. The van der Waals surface area contributed by atoms with Crippen molar-refractivity contribution in [1.82, 2.24) is 10.1 Å². The number of aromatic nitrogens is 2. The predicted octanol–water partition coefficient (Wildman–Crippen LogP) is 1.83. The molecule has 0 bridgehead atoms. The quantitative estimate of drug-likeness (QED) is 0.465. The Kier molecular flexibility index (Phi) is 4.12. The van der Waals surface area contributed by atoms with E-state index < -0.39 is 10.9 Å². The Hall–Kier alpha value is -2.97. The normalized spacial score (nSPS) is 10.2. The third-order valence-electron chi connectivity index (χ3n) is 2.51. The summed E-state index contributed by atoms with van der Waals surface area (Å²) in [5, 5.41) is 14.3. The molecule has 0 amide bonds. The zero-order chi connectivity index (χ0) is 15.4. The maximum Gasteiger partial charge on any atom is 0.379 e. The zero-order valence-corrected chi connectivity index (χ0v) is 11.2. The number of nitro groups is 1. The van der Waals surface area contributed by atoms with Gasteiger partial charge in [0.05, 0.1) is 18.6 Å². The second-order valence-corrected chi connectivity index (χ2v) is 3.79. The molecule has 0 unspecified atom stereocenters. The molecule has 1 heterocycles. The summed E-state index contributed by atoms with van der Waals surface area (Å²) in [7, 11) is 1.31. The molecule has 1 aromatic heterocycles. The van der Waals surface area contributed by atoms with Crippen LogP contribution in [0.1, 0.15) is 17.5 Å². The van der Waals surface area contributed by atoms with Gasteiger partial charge in [0.15, 0.2) is 5.75 Å². The van der Waals surface area contributed by atoms with Gasteiger partial charge in [-0.15, -0.1) is 0 Å². The number of methoxy groups -OCH3 is 1. The molecule has 2 rings (SSSR count). The van der Waals surface area contributed by atoms with Crippen molar-refractivity contribution >= 4 is 11.7 Å². The fraction of sp³-hybridized carbons (Fsp3) is 0.250. The minimum Gasteiger partial charge on any atom is -0.490 e. The highest BCUT2D eigenvalue weighted by molar-refractivity contribution is 5.85. The molecule has 0 N–H and O–H groups in total. The second kappa shape index (κ2) is 5.99. The summed E-state index contributed by atoms with van der Waals surface area (Å²) in [5.41, 5.74) is 0.201. The van der Waals surface area contributed by atoms with Crippen molar-refractivity contribution < 1.29 is 23.7 Å². The number of hydrogen-bond acceptors (Lipinski definition) is 8. The van der Waals surface area contributed by atoms with Gasteiger partial charge in [0.2, 0.25) is 0 Å². The average Bonchev–Trinajstić information content (AvgIpc) is 2.96. The van der Waals surface area contributed by atoms with Gasteiger partial charge in [-0.3, -0.25) is 10.1 Å². The maximum atomic E-state index is 11.4. The Bertz CT molecular complexity index is 681. The number of carbonyl (C=O) groups is 1. The first-order chi connectivity index (χ1) is 10.1. The van der Waals surface area contributed by atoms with E-state index in [9.17, 15) is 14.9 Å². The minimum atomic E-state index is -0.707. The molecule has 9 nitrogen and oxygen atoms in total. The Morgan fingerprint density at radius 3 is 2.86 bits per heavy atom. The van der Waals surface area contributed by atoms with Crippen LogP contribution in [0, 0.1) is 10.1 Å². The van der Waals surface area contributed by atoms with E-state index in [0.717, 1.165) is 0 Å². The Labute approximate surface area is 118 Å². The van der Waals surface area contributed by atoms with Gasteiger partial charge in [-0.25, -0.2) is 4.79 Å². The van der Waals surface area contributed by atoms with Crippen LogP contribution in [-0.4, -0.2) is 34.7 Å². The van der Waals surface area contributed by atoms with Crippen LogP contribution in [0.15, 0.2) is 22.7 Å². The van der Waals surface area contributed by atoms with Gasteiger partial charge in [0.1, 0.15) is 0 Å². The summed E-state index contributed by atoms with van der Waals surface area (Å²) in [4.78, 5) is 25.5. The summed E-state index contributed by atoms with van der Waals surface area (Å²) in [6.07, 6.45) is 0. The number of benzene rings is 1. The summed E-state index contributed by atoms with van der Waals surface area (Å²) < 4.78 is 14.6. The van der Waals surface area contributed by atoms with Crippen molar-refractivity contribution in [2.75, 3.05) is 13.7 Å². The number of ether oxygens (including phenoxy) is 2. The molecule has 0 aliphatic rings. The van der Waals surface area contributed by atoms with Crippen LogP contribution in [0.3, 0.4) is 0 Å². The van der Waals surface area contributed by atoms with Gasteiger partial charge >= 0.3 is 11.7 Å². The molecule has 0 saturated heterocycles. The van der Waals surface area contributed by atoms with Gasteiger partial charge in [0.25, 0.3) is 11.7 Å². The first-order valence-corrected chi connectivity index (χ1v) is 5.90. The van der Waals surface area contributed by atoms with E-state index in [0.29, 0.717) is 5.56 Å². The first kappa shape index (κ1) is 14.4. The van der Waals surface area contributed by atoms with E-state index in [1.165, 1.54) is 25.3 Å². The predicted molar refractivity (Wildman–Crippen MR) is 68.9 cm³/mol. The maximum absolute atomic E-state index is 11.4. The lowest BCUT2D eigenvalue weighted by atomic mass is 10.2. The number of rotatable bonds is 5. The molecule has 9 heteroatoms. The number of hydrogen-bond donors (Lipinski definition) is 0. The molecular formula is C12H11N3O6. The van der Waals surface area contributed by atoms with Gasteiger partial charge < -0.3 is 14.0 Å². The van der Waals surface area contributed by atoms with Crippen LogP contribution in [0.25, 0.3) is 11.5 Å². The molecule has 110 valence electrons. The molecule has 0 radical (unpaired) electrons. The van der Waals surface area contributed by atoms with E-state index in [4.69, 9.17) is 14.0 Å². The summed E-state index contributed by atoms with van der Waals surface area (Å²) >= 11 is 0. The Morgan fingerprint density at radius 2 is 2.24 bits per heavy atom. The van der Waals surface area contributed by atoms with Gasteiger partial charge in [-0.2, -0.15) is 4.98 Å². The third-order valence-corrected chi connectivity index (χ3v) is 2.51. The van der Waals surface area contributed by atoms with Crippen LogP contribution in [0.4, 0.5) is 5.69 Å². The summed E-state index contributed by atoms with van der Waals surface area (Å²) in [5.74, 6) is -0.842. The van der Waals surface area contributed by atoms with Crippen LogP contribution >= 0.6 is 0 Å². The van der Waals surface area contributed by atoms with Crippen molar-refractivity contribution in [3.05, 3.63) is 34.1 Å². The highest BCUT2D eigenvalue weighted by Crippen LogP contribution is 2.31. The van der Waals surface area contributed by atoms with Gasteiger partial charge in [-0.1, -0.05) is 0 Å². The highest BCUT2D eigenvalue weighted by Gasteiger charge is 2.20. The molecule has 0 aliphatic heterocycles. The SMILES string of the molecule is CCOC(=O)c1noc(-c2ccc([N+](=O)[O-])c(OC)c2)n1. The van der Waals surface area contributed by atoms with Gasteiger partial charge in [-0.05, 0) is 18.1 Å². The second-order valence-electron chi connectivity index (χ2n) is 3.79. The first-order valence-electron chi connectivity index (χ1n) is 5.90. The Balaban J connectivity index is 2.34. The van der Waals surface area contributed by atoms with E-state index in [1.54, 1.807) is 6.92 Å². The minimum absolute atomic E-state index is 0.0336. The molecule has 0 saturated carbocycles. The number of nitrogens with zero attached hydrogens (tertiary/aromatic N) is 3. The van der Waals surface area contributed by atoms with Crippen LogP contribution in [0.2, 0.25) is 0 Å². The summed E-state index contributed by atoms with van der Waals surface area (Å²) in [6, 6.07) is 4.05. The zero-order valence-electron chi connectivity index (χ0n) is 11.2. The van der Waals surface area contributed by atoms with Crippen molar-refractivity contribution in [2.24, 2.45) is 0 Å². The van der Waals surface area contributed by atoms with Crippen molar-refractivity contribution in [3.8, 4) is 17.2 Å². The smallest absolute Gasteiger partial charge is 0.379 e. The van der Waals surface area contributed by atoms with Crippen molar-refractivity contribution in [2.45, 2.75) is 6.92 Å². The highest BCUT2D eigenvalue weighted by atomic mass is 16.6. The molecule has 0 atom stereocenters. The van der Waals surface area contributed by atoms with E-state index in [2.05, 4.69) is 10.1 Å². The molecular weight excluding hydrogens is 282 g/mol. The third kappa shape index (κ3) is 2.96. The van der Waals surface area contributed by atoms with Crippen LogP contribution < -0.4 is 4.74 Å². The Morgan fingerprint density at radius 1 is 1.48 bits per heavy atom. The largest absolute Gasteiger partial charge is 0.490 e. The lowest BCUT2D eigenvalue weighted by Crippen LogP contribution is -2.06. The van der Waals surface area contributed by atoms with E-state index in [1.807, 2.05) is 0 Å². The fourth-order valence-electron chi connectivity index (χ4n) is 1.58. The monoisotopic (exact) mass is 293 g/mol. The fourth-order valence-corrected chi connectivity index (χ4v) is 1.58. The van der Waals surface area contributed by atoms with E-state index in [-0.39, 0.29) is 29.8 Å². The lowest BCUT2D eigenvalue weighted by Gasteiger charge is -2.02. The number of carbonyl (C=O) groups excluding carboxylic acids is 1. The molecule has 0 spiro atoms.